The predicted molar refractivity (Wildman–Crippen MR) is 177 cm³/mol. The first-order valence-corrected chi connectivity index (χ1v) is 16.2. The lowest BCUT2D eigenvalue weighted by atomic mass is 9.97. The highest BCUT2D eigenvalue weighted by molar-refractivity contribution is 7.99. The number of hydrogen-bond acceptors (Lipinski definition) is 8. The SMILES string of the molecule is COc1ccccc1SCC1CC(c2ccc(CO)cc2)OC(c2ccc(-c3ccccc3CNC(=O)C(C)OC(C)=O)cc2)O1. The van der Waals surface area contributed by atoms with Gasteiger partial charge in [-0.25, -0.2) is 0 Å². The first kappa shape index (κ1) is 33.2. The summed E-state index contributed by atoms with van der Waals surface area (Å²) in [5.41, 5.74) is 5.68. The number of carbonyl (C=O) groups excluding carboxylic acids is 2. The van der Waals surface area contributed by atoms with Crippen LogP contribution in [0.3, 0.4) is 0 Å². The summed E-state index contributed by atoms with van der Waals surface area (Å²) in [5, 5.41) is 12.4. The van der Waals surface area contributed by atoms with Crippen LogP contribution in [0.5, 0.6) is 5.75 Å². The molecule has 0 spiro atoms. The van der Waals surface area contributed by atoms with Crippen LogP contribution in [-0.4, -0.2) is 42.1 Å². The standard InChI is InChI=1S/C37H39NO7S/c1-24(43-25(2)40)36(41)38-21-30-8-4-5-9-32(30)27-16-18-29(19-17-27)37-44-31(23-46-35-11-7-6-10-33(35)42-3)20-34(45-37)28-14-12-26(22-39)13-15-28/h4-19,24,31,34,37,39H,20-23H2,1-3H3,(H,38,41). The van der Waals surface area contributed by atoms with Gasteiger partial charge in [0.05, 0.1) is 25.9 Å². The predicted octanol–water partition coefficient (Wildman–Crippen LogP) is 6.76. The van der Waals surface area contributed by atoms with Crippen LogP contribution in [0, 0.1) is 0 Å². The van der Waals surface area contributed by atoms with Gasteiger partial charge in [-0.2, -0.15) is 0 Å². The van der Waals surface area contributed by atoms with Gasteiger partial charge in [0.15, 0.2) is 12.4 Å². The number of esters is 1. The smallest absolute Gasteiger partial charge is 0.303 e. The van der Waals surface area contributed by atoms with E-state index in [0.29, 0.717) is 13.0 Å². The van der Waals surface area contributed by atoms with Gasteiger partial charge < -0.3 is 29.4 Å². The van der Waals surface area contributed by atoms with Crippen LogP contribution < -0.4 is 10.1 Å². The minimum absolute atomic E-state index is 0.00896. The highest BCUT2D eigenvalue weighted by Gasteiger charge is 2.32. The summed E-state index contributed by atoms with van der Waals surface area (Å²) < 4.78 is 23.6. The molecule has 4 atom stereocenters. The van der Waals surface area contributed by atoms with Gasteiger partial charge in [0.25, 0.3) is 5.91 Å². The molecule has 240 valence electrons. The zero-order valence-electron chi connectivity index (χ0n) is 26.2. The fourth-order valence-corrected chi connectivity index (χ4v) is 6.40. The number of hydrogen-bond donors (Lipinski definition) is 2. The Balaban J connectivity index is 1.33. The van der Waals surface area contributed by atoms with Gasteiger partial charge >= 0.3 is 5.97 Å². The monoisotopic (exact) mass is 641 g/mol. The molecule has 4 aromatic rings. The molecule has 8 nitrogen and oxygen atoms in total. The van der Waals surface area contributed by atoms with Crippen molar-refractivity contribution in [3.05, 3.63) is 119 Å². The molecule has 0 aromatic heterocycles. The second-order valence-corrected chi connectivity index (χ2v) is 12.1. The van der Waals surface area contributed by atoms with E-state index in [1.807, 2.05) is 97.1 Å². The van der Waals surface area contributed by atoms with E-state index >= 15 is 0 Å². The number of methoxy groups -OCH3 is 1. The highest BCUT2D eigenvalue weighted by atomic mass is 32.2. The zero-order chi connectivity index (χ0) is 32.5. The number of ether oxygens (including phenoxy) is 4. The van der Waals surface area contributed by atoms with E-state index in [-0.39, 0.29) is 24.7 Å². The summed E-state index contributed by atoms with van der Waals surface area (Å²) in [4.78, 5) is 24.7. The maximum Gasteiger partial charge on any atom is 0.303 e. The minimum Gasteiger partial charge on any atom is -0.496 e. The third-order valence-corrected chi connectivity index (χ3v) is 8.97. The number of amides is 1. The Morgan fingerprint density at radius 2 is 1.63 bits per heavy atom. The Labute approximate surface area is 274 Å². The third kappa shape index (κ3) is 8.55. The number of rotatable bonds is 12. The molecule has 0 bridgehead atoms. The second-order valence-electron chi connectivity index (χ2n) is 11.1. The average molecular weight is 642 g/mol. The van der Waals surface area contributed by atoms with E-state index in [0.717, 1.165) is 49.8 Å². The lowest BCUT2D eigenvalue weighted by Crippen LogP contribution is -2.35. The molecule has 4 aromatic carbocycles. The molecule has 46 heavy (non-hydrogen) atoms. The maximum atomic E-state index is 12.4. The first-order chi connectivity index (χ1) is 22.3. The molecule has 0 saturated carbocycles. The molecule has 1 aliphatic rings. The second kappa shape index (κ2) is 15.9. The van der Waals surface area contributed by atoms with Crippen LogP contribution in [0.15, 0.2) is 102 Å². The van der Waals surface area contributed by atoms with Crippen LogP contribution in [0.25, 0.3) is 11.1 Å². The van der Waals surface area contributed by atoms with Crippen LogP contribution in [-0.2, 0) is 37.0 Å². The number of benzene rings is 4. The number of para-hydroxylation sites is 1. The van der Waals surface area contributed by atoms with E-state index in [4.69, 9.17) is 18.9 Å². The maximum absolute atomic E-state index is 12.4. The number of carbonyl (C=O) groups is 2. The van der Waals surface area contributed by atoms with Crippen LogP contribution in [0.1, 0.15) is 54.9 Å². The van der Waals surface area contributed by atoms with Crippen molar-refractivity contribution in [1.29, 1.82) is 0 Å². The highest BCUT2D eigenvalue weighted by Crippen LogP contribution is 2.41. The Morgan fingerprint density at radius 3 is 2.35 bits per heavy atom. The van der Waals surface area contributed by atoms with E-state index < -0.39 is 18.4 Å². The first-order valence-electron chi connectivity index (χ1n) is 15.2. The normalized spacial score (nSPS) is 18.4. The van der Waals surface area contributed by atoms with Crippen LogP contribution in [0.2, 0.25) is 0 Å². The molecule has 9 heteroatoms. The Hall–Kier alpha value is -4.15. The van der Waals surface area contributed by atoms with Gasteiger partial charge in [-0.15, -0.1) is 11.8 Å². The van der Waals surface area contributed by atoms with Gasteiger partial charge in [-0.05, 0) is 46.9 Å². The van der Waals surface area contributed by atoms with Gasteiger partial charge in [-0.3, -0.25) is 9.59 Å². The van der Waals surface area contributed by atoms with Crippen molar-refractivity contribution in [2.75, 3.05) is 12.9 Å². The number of nitrogens with one attached hydrogen (secondary N) is 1. The number of aliphatic hydroxyl groups excluding tert-OH is 1. The molecule has 1 aliphatic heterocycles. The summed E-state index contributed by atoms with van der Waals surface area (Å²) in [6.45, 7) is 3.11. The lowest BCUT2D eigenvalue weighted by Gasteiger charge is -2.36. The van der Waals surface area contributed by atoms with E-state index in [1.54, 1.807) is 25.8 Å². The fourth-order valence-electron chi connectivity index (χ4n) is 5.35. The van der Waals surface area contributed by atoms with Gasteiger partial charge in [0.1, 0.15) is 5.75 Å². The van der Waals surface area contributed by atoms with Crippen molar-refractivity contribution < 1.29 is 33.6 Å². The molecule has 1 saturated heterocycles. The van der Waals surface area contributed by atoms with Gasteiger partial charge in [0, 0.05) is 36.1 Å². The summed E-state index contributed by atoms with van der Waals surface area (Å²) in [6.07, 6.45) is -1.04. The topological polar surface area (TPSA) is 103 Å². The average Bonchev–Trinajstić information content (AvgIpc) is 3.09. The minimum atomic E-state index is -0.868. The van der Waals surface area contributed by atoms with Crippen molar-refractivity contribution in [3.8, 4) is 16.9 Å². The molecular weight excluding hydrogens is 602 g/mol. The lowest BCUT2D eigenvalue weighted by molar-refractivity contribution is -0.245. The molecule has 2 N–H and O–H groups in total. The summed E-state index contributed by atoms with van der Waals surface area (Å²) in [7, 11) is 1.68. The summed E-state index contributed by atoms with van der Waals surface area (Å²) >= 11 is 1.70. The molecule has 1 amide bonds. The van der Waals surface area contributed by atoms with E-state index in [1.165, 1.54) is 6.92 Å². The summed E-state index contributed by atoms with van der Waals surface area (Å²) in [5.74, 6) is 0.702. The van der Waals surface area contributed by atoms with Crippen molar-refractivity contribution >= 4 is 23.6 Å². The number of aliphatic hydroxyl groups is 1. The van der Waals surface area contributed by atoms with Crippen molar-refractivity contribution in [2.24, 2.45) is 0 Å². The largest absolute Gasteiger partial charge is 0.496 e. The number of thioether (sulfide) groups is 1. The van der Waals surface area contributed by atoms with Crippen molar-refractivity contribution in [1.82, 2.24) is 5.32 Å². The Morgan fingerprint density at radius 1 is 0.935 bits per heavy atom. The molecule has 5 rings (SSSR count). The Bertz CT molecular complexity index is 1610. The molecule has 0 radical (unpaired) electrons. The molecule has 4 unspecified atom stereocenters. The third-order valence-electron chi connectivity index (χ3n) is 7.79. The molecule has 1 heterocycles. The summed E-state index contributed by atoms with van der Waals surface area (Å²) in [6, 6.07) is 31.8. The van der Waals surface area contributed by atoms with E-state index in [2.05, 4.69) is 5.32 Å². The molecule has 1 fully saturated rings. The zero-order valence-corrected chi connectivity index (χ0v) is 27.0. The Kier molecular flexibility index (Phi) is 11.5. The van der Waals surface area contributed by atoms with Gasteiger partial charge in [-0.1, -0.05) is 84.9 Å². The van der Waals surface area contributed by atoms with Crippen molar-refractivity contribution in [2.45, 2.75) is 62.9 Å². The molecular formula is C37H39NO7S. The van der Waals surface area contributed by atoms with Gasteiger partial charge in [0.2, 0.25) is 0 Å². The molecule has 0 aliphatic carbocycles. The quantitative estimate of drug-likeness (QED) is 0.129. The van der Waals surface area contributed by atoms with Crippen LogP contribution in [0.4, 0.5) is 0 Å². The fraction of sp³-hybridized carbons (Fsp3) is 0.297. The van der Waals surface area contributed by atoms with Crippen LogP contribution >= 0.6 is 11.8 Å². The van der Waals surface area contributed by atoms with Crippen molar-refractivity contribution in [3.63, 3.8) is 0 Å². The van der Waals surface area contributed by atoms with E-state index in [9.17, 15) is 14.7 Å².